The van der Waals surface area contributed by atoms with Crippen LogP contribution in [-0.4, -0.2) is 26.1 Å². The average molecular weight is 286 g/mol. The summed E-state index contributed by atoms with van der Waals surface area (Å²) in [7, 11) is -3.44. The topological polar surface area (TPSA) is 89.3 Å². The highest BCUT2D eigenvalue weighted by Gasteiger charge is 2.18. The number of sulfone groups is 1. The van der Waals surface area contributed by atoms with Crippen LogP contribution >= 0.6 is 0 Å². The molecule has 106 valence electrons. The number of hydrogen-bond acceptors (Lipinski definition) is 5. The Morgan fingerprint density at radius 1 is 1.32 bits per heavy atom. The van der Waals surface area contributed by atoms with E-state index in [0.717, 1.165) is 31.6 Å². The molecule has 1 rings (SSSR count). The van der Waals surface area contributed by atoms with Crippen LogP contribution in [0.4, 0.5) is 11.4 Å². The summed E-state index contributed by atoms with van der Waals surface area (Å²) in [5, 5.41) is 13.9. The predicted molar refractivity (Wildman–Crippen MR) is 74.2 cm³/mol. The van der Waals surface area contributed by atoms with Gasteiger partial charge >= 0.3 is 0 Å². The van der Waals surface area contributed by atoms with E-state index in [1.807, 2.05) is 0 Å². The Labute approximate surface area is 112 Å². The highest BCUT2D eigenvalue weighted by molar-refractivity contribution is 7.90. The van der Waals surface area contributed by atoms with Crippen molar-refractivity contribution in [3.8, 4) is 0 Å². The Bertz CT molecular complexity index is 555. The van der Waals surface area contributed by atoms with Crippen molar-refractivity contribution in [2.24, 2.45) is 0 Å². The van der Waals surface area contributed by atoms with Crippen molar-refractivity contribution in [3.63, 3.8) is 0 Å². The maximum Gasteiger partial charge on any atom is 0.293 e. The number of rotatable bonds is 7. The zero-order valence-electron chi connectivity index (χ0n) is 11.0. The third-order valence-corrected chi connectivity index (χ3v) is 3.80. The summed E-state index contributed by atoms with van der Waals surface area (Å²) in [6, 6.07) is 3.92. The van der Waals surface area contributed by atoms with E-state index >= 15 is 0 Å². The molecule has 1 aromatic carbocycles. The van der Waals surface area contributed by atoms with Crippen LogP contribution in [0.5, 0.6) is 0 Å². The zero-order chi connectivity index (χ0) is 14.5. The van der Waals surface area contributed by atoms with Crippen LogP contribution in [-0.2, 0) is 9.84 Å². The number of benzene rings is 1. The van der Waals surface area contributed by atoms with Crippen LogP contribution < -0.4 is 5.32 Å². The normalized spacial score (nSPS) is 11.3. The number of nitro groups is 1. The summed E-state index contributed by atoms with van der Waals surface area (Å²) in [4.78, 5) is 10.3. The Morgan fingerprint density at radius 3 is 2.53 bits per heavy atom. The summed E-state index contributed by atoms with van der Waals surface area (Å²) in [6.07, 6.45) is 4.06. The smallest absolute Gasteiger partial charge is 0.293 e. The van der Waals surface area contributed by atoms with E-state index < -0.39 is 14.8 Å². The molecule has 0 heterocycles. The molecular weight excluding hydrogens is 268 g/mol. The second kappa shape index (κ2) is 6.51. The predicted octanol–water partition coefficient (Wildman–Crippen LogP) is 2.60. The first-order chi connectivity index (χ1) is 8.86. The van der Waals surface area contributed by atoms with Crippen molar-refractivity contribution in [1.29, 1.82) is 0 Å². The van der Waals surface area contributed by atoms with Gasteiger partial charge in [-0.05, 0) is 18.6 Å². The van der Waals surface area contributed by atoms with Gasteiger partial charge in [0.15, 0.2) is 9.84 Å². The zero-order valence-corrected chi connectivity index (χ0v) is 11.9. The molecular formula is C12H18N2O4S. The highest BCUT2D eigenvalue weighted by atomic mass is 32.2. The second-order valence-corrected chi connectivity index (χ2v) is 6.36. The van der Waals surface area contributed by atoms with Crippen molar-refractivity contribution >= 4 is 21.2 Å². The Hall–Kier alpha value is -1.63. The summed E-state index contributed by atoms with van der Waals surface area (Å²) in [5.74, 6) is 0. The molecule has 7 heteroatoms. The molecule has 0 aromatic heterocycles. The lowest BCUT2D eigenvalue weighted by Gasteiger charge is -2.07. The molecule has 19 heavy (non-hydrogen) atoms. The van der Waals surface area contributed by atoms with Gasteiger partial charge in [0, 0.05) is 18.9 Å². The molecule has 1 N–H and O–H groups in total. The third-order valence-electron chi connectivity index (χ3n) is 2.69. The SMILES string of the molecule is CCCCCNc1ccc(S(C)(=O)=O)cc1[N+](=O)[O-]. The molecule has 0 bridgehead atoms. The molecule has 1 aromatic rings. The van der Waals surface area contributed by atoms with Gasteiger partial charge in [0.2, 0.25) is 0 Å². The number of nitro benzene ring substituents is 1. The molecule has 0 spiro atoms. The molecule has 0 aliphatic heterocycles. The van der Waals surface area contributed by atoms with E-state index in [1.165, 1.54) is 12.1 Å². The van der Waals surface area contributed by atoms with Crippen LogP contribution in [0, 0.1) is 10.1 Å². The van der Waals surface area contributed by atoms with Crippen molar-refractivity contribution in [1.82, 2.24) is 0 Å². The molecule has 0 amide bonds. The minimum atomic E-state index is -3.44. The monoisotopic (exact) mass is 286 g/mol. The number of nitrogens with zero attached hydrogens (tertiary/aromatic N) is 1. The van der Waals surface area contributed by atoms with E-state index in [4.69, 9.17) is 0 Å². The van der Waals surface area contributed by atoms with E-state index in [0.29, 0.717) is 12.2 Å². The first kappa shape index (κ1) is 15.4. The van der Waals surface area contributed by atoms with Crippen molar-refractivity contribution in [2.75, 3.05) is 18.1 Å². The number of hydrogen-bond donors (Lipinski definition) is 1. The number of nitrogens with one attached hydrogen (secondary N) is 1. The van der Waals surface area contributed by atoms with Gasteiger partial charge in [0.1, 0.15) is 5.69 Å². The molecule has 0 radical (unpaired) electrons. The maximum atomic E-state index is 11.4. The maximum absolute atomic E-state index is 11.4. The molecule has 0 aliphatic carbocycles. The van der Waals surface area contributed by atoms with Gasteiger partial charge < -0.3 is 5.32 Å². The molecule has 0 saturated carbocycles. The standard InChI is InChI=1S/C12H18N2O4S/c1-3-4-5-8-13-11-7-6-10(19(2,17)18)9-12(11)14(15)16/h6-7,9,13H,3-5,8H2,1-2H3. The fourth-order valence-electron chi connectivity index (χ4n) is 1.64. The Morgan fingerprint density at radius 2 is 2.00 bits per heavy atom. The molecule has 0 unspecified atom stereocenters. The largest absolute Gasteiger partial charge is 0.379 e. The van der Waals surface area contributed by atoms with Crippen LogP contribution in [0.1, 0.15) is 26.2 Å². The Kier molecular flexibility index (Phi) is 5.29. The van der Waals surface area contributed by atoms with Crippen molar-refractivity contribution in [3.05, 3.63) is 28.3 Å². The molecule has 0 atom stereocenters. The van der Waals surface area contributed by atoms with Gasteiger partial charge in [-0.1, -0.05) is 19.8 Å². The van der Waals surface area contributed by atoms with Crippen LogP contribution in [0.2, 0.25) is 0 Å². The Balaban J connectivity index is 2.96. The highest BCUT2D eigenvalue weighted by Crippen LogP contribution is 2.27. The number of unbranched alkanes of at least 4 members (excludes halogenated alkanes) is 2. The van der Waals surface area contributed by atoms with E-state index in [1.54, 1.807) is 0 Å². The molecule has 0 fully saturated rings. The first-order valence-electron chi connectivity index (χ1n) is 6.08. The first-order valence-corrected chi connectivity index (χ1v) is 7.97. The quantitative estimate of drug-likeness (QED) is 0.473. The minimum Gasteiger partial charge on any atom is -0.379 e. The lowest BCUT2D eigenvalue weighted by atomic mass is 10.2. The van der Waals surface area contributed by atoms with Crippen molar-refractivity contribution in [2.45, 2.75) is 31.1 Å². The minimum absolute atomic E-state index is 0.0432. The summed E-state index contributed by atoms with van der Waals surface area (Å²) < 4.78 is 22.8. The van der Waals surface area contributed by atoms with E-state index in [-0.39, 0.29) is 10.6 Å². The fraction of sp³-hybridized carbons (Fsp3) is 0.500. The van der Waals surface area contributed by atoms with Crippen LogP contribution in [0.25, 0.3) is 0 Å². The van der Waals surface area contributed by atoms with Gasteiger partial charge in [-0.25, -0.2) is 8.42 Å². The average Bonchev–Trinajstić information content (AvgIpc) is 2.33. The summed E-state index contributed by atoms with van der Waals surface area (Å²) in [5.41, 5.74) is 0.146. The van der Waals surface area contributed by atoms with Gasteiger partial charge in [0.25, 0.3) is 5.69 Å². The van der Waals surface area contributed by atoms with Gasteiger partial charge in [-0.15, -0.1) is 0 Å². The lowest BCUT2D eigenvalue weighted by molar-refractivity contribution is -0.384. The van der Waals surface area contributed by atoms with Gasteiger partial charge in [0.05, 0.1) is 9.82 Å². The van der Waals surface area contributed by atoms with Crippen LogP contribution in [0.15, 0.2) is 23.1 Å². The number of anilines is 1. The second-order valence-electron chi connectivity index (χ2n) is 4.34. The van der Waals surface area contributed by atoms with E-state index in [9.17, 15) is 18.5 Å². The third kappa shape index (κ3) is 4.51. The molecule has 0 saturated heterocycles. The fourth-order valence-corrected chi connectivity index (χ4v) is 2.28. The van der Waals surface area contributed by atoms with Gasteiger partial charge in [-0.3, -0.25) is 10.1 Å². The van der Waals surface area contributed by atoms with E-state index in [2.05, 4.69) is 12.2 Å². The molecule has 0 aliphatic rings. The lowest BCUT2D eigenvalue weighted by Crippen LogP contribution is -2.06. The van der Waals surface area contributed by atoms with Gasteiger partial charge in [-0.2, -0.15) is 0 Å². The van der Waals surface area contributed by atoms with Crippen molar-refractivity contribution < 1.29 is 13.3 Å². The molecule has 6 nitrogen and oxygen atoms in total. The summed E-state index contributed by atoms with van der Waals surface area (Å²) in [6.45, 7) is 2.70. The summed E-state index contributed by atoms with van der Waals surface area (Å²) >= 11 is 0. The van der Waals surface area contributed by atoms with Crippen LogP contribution in [0.3, 0.4) is 0 Å².